The van der Waals surface area contributed by atoms with Gasteiger partial charge in [0.2, 0.25) is 17.6 Å². The number of methoxy groups -OCH3 is 2. The normalized spacial score (nSPS) is 18.1. The Morgan fingerprint density at radius 2 is 1.88 bits per heavy atom. The van der Waals surface area contributed by atoms with Crippen LogP contribution in [0, 0.1) is 5.92 Å². The van der Waals surface area contributed by atoms with Crippen molar-refractivity contribution in [3.05, 3.63) is 24.1 Å². The number of benzene rings is 1. The quantitative estimate of drug-likeness (QED) is 0.499. The van der Waals surface area contributed by atoms with Gasteiger partial charge in [0.1, 0.15) is 0 Å². The lowest BCUT2D eigenvalue weighted by Gasteiger charge is -2.30. The Balaban J connectivity index is 1.18. The molecule has 2 heterocycles. The van der Waals surface area contributed by atoms with E-state index in [4.69, 9.17) is 14.0 Å². The summed E-state index contributed by atoms with van der Waals surface area (Å²) in [5.41, 5.74) is 0.810. The number of carbonyl (C=O) groups excluding carboxylic acids is 1. The second-order valence-electron chi connectivity index (χ2n) is 9.05. The molecule has 0 unspecified atom stereocenters. The van der Waals surface area contributed by atoms with Crippen molar-refractivity contribution in [2.24, 2.45) is 5.92 Å². The largest absolute Gasteiger partial charge is 0.493 e. The first-order chi connectivity index (χ1) is 16.7. The van der Waals surface area contributed by atoms with Gasteiger partial charge in [-0.15, -0.1) is 0 Å². The molecule has 1 aromatic carbocycles. The Morgan fingerprint density at radius 3 is 2.62 bits per heavy atom. The molecule has 1 saturated heterocycles. The number of carbonyl (C=O) groups is 1. The molecule has 186 valence electrons. The highest BCUT2D eigenvalue weighted by molar-refractivity contribution is 7.99. The van der Waals surface area contributed by atoms with Gasteiger partial charge >= 0.3 is 0 Å². The summed E-state index contributed by atoms with van der Waals surface area (Å²) in [5, 5.41) is 8.08. The lowest BCUT2D eigenvalue weighted by atomic mass is 9.96. The Hall–Kier alpha value is -2.26. The predicted octanol–water partition coefficient (Wildman–Crippen LogP) is 4.15. The van der Waals surface area contributed by atoms with Crippen molar-refractivity contribution in [3.8, 4) is 22.9 Å². The molecular formula is C25H36N4O4S. The summed E-state index contributed by atoms with van der Waals surface area (Å²) < 4.78 is 16.1. The number of piperidine rings is 1. The van der Waals surface area contributed by atoms with Gasteiger partial charge in [0, 0.05) is 29.0 Å². The van der Waals surface area contributed by atoms with Gasteiger partial charge in [0.05, 0.1) is 20.8 Å². The number of aromatic nitrogens is 2. The number of hydrogen-bond acceptors (Lipinski definition) is 8. The van der Waals surface area contributed by atoms with Gasteiger partial charge in [-0.3, -0.25) is 9.69 Å². The molecule has 0 atom stereocenters. The molecule has 4 rings (SSSR count). The summed E-state index contributed by atoms with van der Waals surface area (Å²) in [6, 6.07) is 5.55. The third-order valence-corrected chi connectivity index (χ3v) is 8.12. The average molecular weight is 489 g/mol. The highest BCUT2D eigenvalue weighted by Gasteiger charge is 2.26. The van der Waals surface area contributed by atoms with E-state index in [-0.39, 0.29) is 11.8 Å². The molecule has 1 aliphatic heterocycles. The Labute approximate surface area is 206 Å². The van der Waals surface area contributed by atoms with E-state index in [0.717, 1.165) is 49.0 Å². The van der Waals surface area contributed by atoms with E-state index in [1.165, 1.54) is 32.1 Å². The van der Waals surface area contributed by atoms with Crippen LogP contribution >= 0.6 is 11.8 Å². The van der Waals surface area contributed by atoms with Crippen LogP contribution in [-0.4, -0.2) is 65.8 Å². The van der Waals surface area contributed by atoms with Crippen LogP contribution in [-0.2, 0) is 11.3 Å². The van der Waals surface area contributed by atoms with Gasteiger partial charge in [-0.2, -0.15) is 16.7 Å². The van der Waals surface area contributed by atoms with Gasteiger partial charge < -0.3 is 19.3 Å². The van der Waals surface area contributed by atoms with Crippen molar-refractivity contribution in [2.75, 3.05) is 39.6 Å². The number of ether oxygens (including phenoxy) is 2. The summed E-state index contributed by atoms with van der Waals surface area (Å²) in [6.45, 7) is 3.07. The van der Waals surface area contributed by atoms with Crippen LogP contribution in [0.25, 0.3) is 11.4 Å². The molecule has 0 radical (unpaired) electrons. The number of nitrogens with zero attached hydrogens (tertiary/aromatic N) is 3. The van der Waals surface area contributed by atoms with Crippen molar-refractivity contribution in [1.82, 2.24) is 20.4 Å². The summed E-state index contributed by atoms with van der Waals surface area (Å²) in [5.74, 6) is 3.71. The molecule has 1 aromatic heterocycles. The van der Waals surface area contributed by atoms with E-state index in [1.807, 2.05) is 30.0 Å². The number of nitrogens with one attached hydrogen (secondary N) is 1. The maximum atomic E-state index is 12.6. The number of amides is 1. The maximum Gasteiger partial charge on any atom is 0.241 e. The molecule has 8 nitrogen and oxygen atoms in total. The van der Waals surface area contributed by atoms with E-state index in [2.05, 4.69) is 20.4 Å². The van der Waals surface area contributed by atoms with Crippen molar-refractivity contribution < 1.29 is 18.8 Å². The van der Waals surface area contributed by atoms with Gasteiger partial charge in [-0.1, -0.05) is 24.4 Å². The average Bonchev–Trinajstić information content (AvgIpc) is 3.35. The molecule has 0 spiro atoms. The van der Waals surface area contributed by atoms with Crippen LogP contribution in [0.15, 0.2) is 22.7 Å². The second-order valence-corrected chi connectivity index (χ2v) is 10.5. The first-order valence-corrected chi connectivity index (χ1v) is 13.4. The number of thioether (sulfide) groups is 1. The van der Waals surface area contributed by atoms with E-state index in [1.54, 1.807) is 14.2 Å². The Kier molecular flexibility index (Phi) is 9.10. The van der Waals surface area contributed by atoms with Gasteiger partial charge in [0.25, 0.3) is 0 Å². The minimum absolute atomic E-state index is 0.0981. The number of likely N-dealkylation sites (tertiary alicyclic amines) is 1. The fraction of sp³-hybridized carbons (Fsp3) is 0.640. The van der Waals surface area contributed by atoms with Crippen molar-refractivity contribution in [1.29, 1.82) is 0 Å². The van der Waals surface area contributed by atoms with Crippen LogP contribution in [0.5, 0.6) is 11.5 Å². The molecule has 2 fully saturated rings. The highest BCUT2D eigenvalue weighted by Crippen LogP contribution is 2.31. The zero-order chi connectivity index (χ0) is 23.8. The topological polar surface area (TPSA) is 89.7 Å². The Bertz CT molecular complexity index is 923. The first kappa shape index (κ1) is 24.9. The molecule has 1 N–H and O–H groups in total. The van der Waals surface area contributed by atoms with E-state index >= 15 is 0 Å². The molecule has 34 heavy (non-hydrogen) atoms. The van der Waals surface area contributed by atoms with Crippen LogP contribution < -0.4 is 14.8 Å². The van der Waals surface area contributed by atoms with Crippen LogP contribution in [0.1, 0.15) is 50.8 Å². The SMILES string of the molecule is COc1ccc(-c2noc(CN3CCC(C(=O)NCCSC4CCCCC4)CC3)n2)cc1OC. The first-order valence-electron chi connectivity index (χ1n) is 12.3. The summed E-state index contributed by atoms with van der Waals surface area (Å²) >= 11 is 2.03. The standard InChI is InChI=1S/C25H36N4O4S/c1-31-21-9-8-19(16-22(21)32-2)24-27-23(33-28-24)17-29-13-10-18(11-14-29)25(30)26-12-15-34-20-6-4-3-5-7-20/h8-9,16,18,20H,3-7,10-15,17H2,1-2H3,(H,26,30). The van der Waals surface area contributed by atoms with Crippen LogP contribution in [0.2, 0.25) is 0 Å². The molecule has 2 aromatic rings. The second kappa shape index (κ2) is 12.4. The van der Waals surface area contributed by atoms with Gasteiger partial charge in [-0.05, 0) is 57.0 Å². The summed E-state index contributed by atoms with van der Waals surface area (Å²) in [4.78, 5) is 19.4. The maximum absolute atomic E-state index is 12.6. The smallest absolute Gasteiger partial charge is 0.241 e. The number of hydrogen-bond donors (Lipinski definition) is 1. The van der Waals surface area contributed by atoms with Crippen LogP contribution in [0.4, 0.5) is 0 Å². The molecule has 9 heteroatoms. The lowest BCUT2D eigenvalue weighted by Crippen LogP contribution is -2.40. The summed E-state index contributed by atoms with van der Waals surface area (Å²) in [7, 11) is 3.21. The minimum Gasteiger partial charge on any atom is -0.493 e. The molecular weight excluding hydrogens is 452 g/mol. The van der Waals surface area contributed by atoms with Gasteiger partial charge in [0.15, 0.2) is 11.5 Å². The molecule has 1 aliphatic carbocycles. The number of rotatable bonds is 10. The third kappa shape index (κ3) is 6.66. The fourth-order valence-corrected chi connectivity index (χ4v) is 5.95. The monoisotopic (exact) mass is 488 g/mol. The molecule has 0 bridgehead atoms. The zero-order valence-corrected chi connectivity index (χ0v) is 21.1. The van der Waals surface area contributed by atoms with Crippen molar-refractivity contribution in [2.45, 2.75) is 56.7 Å². The third-order valence-electron chi connectivity index (χ3n) is 6.73. The minimum atomic E-state index is 0.0981. The molecule has 1 saturated carbocycles. The molecule has 2 aliphatic rings. The highest BCUT2D eigenvalue weighted by atomic mass is 32.2. The zero-order valence-electron chi connectivity index (χ0n) is 20.3. The van der Waals surface area contributed by atoms with Crippen molar-refractivity contribution >= 4 is 17.7 Å². The van der Waals surface area contributed by atoms with Gasteiger partial charge in [-0.25, -0.2) is 0 Å². The van der Waals surface area contributed by atoms with Crippen molar-refractivity contribution in [3.63, 3.8) is 0 Å². The summed E-state index contributed by atoms with van der Waals surface area (Å²) in [6.07, 6.45) is 8.52. The van der Waals surface area contributed by atoms with E-state index in [9.17, 15) is 4.79 Å². The lowest BCUT2D eigenvalue weighted by molar-refractivity contribution is -0.126. The Morgan fingerprint density at radius 1 is 1.12 bits per heavy atom. The van der Waals surface area contributed by atoms with E-state index in [0.29, 0.717) is 29.8 Å². The fourth-order valence-electron chi connectivity index (χ4n) is 4.73. The van der Waals surface area contributed by atoms with E-state index < -0.39 is 0 Å². The van der Waals surface area contributed by atoms with Crippen LogP contribution in [0.3, 0.4) is 0 Å². The molecule has 1 amide bonds. The predicted molar refractivity (Wildman–Crippen MR) is 133 cm³/mol.